The second-order valence-electron chi connectivity index (χ2n) is 4.15. The van der Waals surface area contributed by atoms with E-state index in [1.54, 1.807) is 0 Å². The average Bonchev–Trinajstić information content (AvgIpc) is 3.11. The smallest absolute Gasteiger partial charge is 0.247 e. The van der Waals surface area contributed by atoms with Crippen molar-refractivity contribution in [1.29, 1.82) is 5.26 Å². The number of nitriles is 1. The number of anilines is 1. The molecule has 0 atom stereocenters. The van der Waals surface area contributed by atoms with E-state index in [9.17, 15) is 9.18 Å². The van der Waals surface area contributed by atoms with Crippen LogP contribution >= 0.6 is 11.6 Å². The Balaban J connectivity index is 2.32. The number of carbonyl (C=O) groups is 1. The molecule has 0 unspecified atom stereocenters. The molecule has 1 aromatic carbocycles. The second kappa shape index (κ2) is 4.01. The molecule has 0 aliphatic heterocycles. The number of rotatable bonds is 2. The molecular formula is C12H10ClFN2O. The van der Waals surface area contributed by atoms with E-state index < -0.39 is 11.2 Å². The molecule has 5 heteroatoms. The van der Waals surface area contributed by atoms with Crippen molar-refractivity contribution in [2.45, 2.75) is 12.8 Å². The molecule has 0 heterocycles. The zero-order chi connectivity index (χ0) is 12.6. The van der Waals surface area contributed by atoms with Crippen molar-refractivity contribution in [2.75, 3.05) is 11.9 Å². The summed E-state index contributed by atoms with van der Waals surface area (Å²) in [6.07, 6.45) is 1.07. The predicted molar refractivity (Wildman–Crippen MR) is 62.1 cm³/mol. The fourth-order valence-electron chi connectivity index (χ4n) is 1.67. The van der Waals surface area contributed by atoms with Gasteiger partial charge in [0, 0.05) is 12.1 Å². The lowest BCUT2D eigenvalue weighted by molar-refractivity contribution is -0.121. The van der Waals surface area contributed by atoms with Crippen molar-refractivity contribution in [3.63, 3.8) is 0 Å². The molecule has 88 valence electrons. The quantitative estimate of drug-likeness (QED) is 0.812. The van der Waals surface area contributed by atoms with Crippen LogP contribution in [-0.4, -0.2) is 13.0 Å². The van der Waals surface area contributed by atoms with Gasteiger partial charge in [0.05, 0.1) is 11.8 Å². The van der Waals surface area contributed by atoms with Crippen molar-refractivity contribution < 1.29 is 9.18 Å². The van der Waals surface area contributed by atoms with E-state index >= 15 is 0 Å². The zero-order valence-electron chi connectivity index (χ0n) is 9.20. The van der Waals surface area contributed by atoms with Gasteiger partial charge in [0.25, 0.3) is 0 Å². The summed E-state index contributed by atoms with van der Waals surface area (Å²) in [7, 11) is 1.45. The topological polar surface area (TPSA) is 44.1 Å². The number of carbonyl (C=O) groups excluding carboxylic acids is 1. The van der Waals surface area contributed by atoms with E-state index in [-0.39, 0.29) is 11.6 Å². The van der Waals surface area contributed by atoms with Crippen LogP contribution in [0, 0.1) is 22.6 Å². The van der Waals surface area contributed by atoms with Gasteiger partial charge in [0.2, 0.25) is 5.91 Å². The first-order valence-corrected chi connectivity index (χ1v) is 5.52. The Morgan fingerprint density at radius 2 is 2.24 bits per heavy atom. The minimum Gasteiger partial charge on any atom is -0.311 e. The normalized spacial score (nSPS) is 16.1. The first-order chi connectivity index (χ1) is 8.00. The number of hydrogen-bond donors (Lipinski definition) is 0. The van der Waals surface area contributed by atoms with Crippen LogP contribution < -0.4 is 4.90 Å². The maximum Gasteiger partial charge on any atom is 0.247 e. The first-order valence-electron chi connectivity index (χ1n) is 5.15. The van der Waals surface area contributed by atoms with Gasteiger partial charge < -0.3 is 4.90 Å². The number of hydrogen-bond acceptors (Lipinski definition) is 2. The van der Waals surface area contributed by atoms with Gasteiger partial charge in [-0.15, -0.1) is 0 Å². The van der Waals surface area contributed by atoms with E-state index in [0.717, 1.165) is 4.90 Å². The lowest BCUT2D eigenvalue weighted by Crippen LogP contribution is -2.34. The van der Waals surface area contributed by atoms with Crippen molar-refractivity contribution in [3.05, 3.63) is 29.0 Å². The Labute approximate surface area is 103 Å². The molecule has 0 radical (unpaired) electrons. The zero-order valence-corrected chi connectivity index (χ0v) is 9.96. The summed E-state index contributed by atoms with van der Waals surface area (Å²) in [6, 6.07) is 5.98. The van der Waals surface area contributed by atoms with Gasteiger partial charge in [-0.1, -0.05) is 11.6 Å². The molecule has 0 bridgehead atoms. The highest BCUT2D eigenvalue weighted by molar-refractivity contribution is 6.31. The lowest BCUT2D eigenvalue weighted by atomic mass is 10.1. The van der Waals surface area contributed by atoms with Crippen LogP contribution in [-0.2, 0) is 4.79 Å². The Kier molecular flexibility index (Phi) is 2.80. The van der Waals surface area contributed by atoms with Gasteiger partial charge >= 0.3 is 0 Å². The molecule has 3 nitrogen and oxygen atoms in total. The van der Waals surface area contributed by atoms with Crippen LogP contribution in [0.15, 0.2) is 18.2 Å². The standard InChI is InChI=1S/C12H10ClFN2O/c1-16(11(17)12(7-15)4-5-12)10-6-8(13)2-3-9(10)14/h2-3,6H,4-5H2,1H3. The van der Waals surface area contributed by atoms with E-state index in [1.165, 1.54) is 25.2 Å². The minimum atomic E-state index is -0.955. The molecule has 0 N–H and O–H groups in total. The van der Waals surface area contributed by atoms with Gasteiger partial charge in [-0.3, -0.25) is 4.79 Å². The highest BCUT2D eigenvalue weighted by Crippen LogP contribution is 2.47. The maximum atomic E-state index is 13.6. The monoisotopic (exact) mass is 252 g/mol. The van der Waals surface area contributed by atoms with Crippen molar-refractivity contribution >= 4 is 23.2 Å². The number of amides is 1. The van der Waals surface area contributed by atoms with Crippen molar-refractivity contribution in [2.24, 2.45) is 5.41 Å². The number of halogens is 2. The summed E-state index contributed by atoms with van der Waals surface area (Å²) in [6.45, 7) is 0. The third-order valence-electron chi connectivity index (χ3n) is 2.95. The minimum absolute atomic E-state index is 0.101. The number of benzene rings is 1. The molecule has 2 rings (SSSR count). The highest BCUT2D eigenvalue weighted by atomic mass is 35.5. The molecule has 1 aromatic rings. The third kappa shape index (κ3) is 1.98. The van der Waals surface area contributed by atoms with Gasteiger partial charge in [0.1, 0.15) is 11.2 Å². The van der Waals surface area contributed by atoms with E-state index in [0.29, 0.717) is 17.9 Å². The molecule has 0 spiro atoms. The average molecular weight is 253 g/mol. The van der Waals surface area contributed by atoms with Gasteiger partial charge in [-0.2, -0.15) is 5.26 Å². The van der Waals surface area contributed by atoms with Crippen LogP contribution in [0.25, 0.3) is 0 Å². The highest BCUT2D eigenvalue weighted by Gasteiger charge is 2.52. The summed E-state index contributed by atoms with van der Waals surface area (Å²) < 4.78 is 13.6. The second-order valence-corrected chi connectivity index (χ2v) is 4.59. The molecule has 1 aliphatic rings. The van der Waals surface area contributed by atoms with Crippen LogP contribution in [0.3, 0.4) is 0 Å². The number of nitrogens with zero attached hydrogens (tertiary/aromatic N) is 2. The molecular weight excluding hydrogens is 243 g/mol. The van der Waals surface area contributed by atoms with Crippen molar-refractivity contribution in [3.8, 4) is 6.07 Å². The van der Waals surface area contributed by atoms with Gasteiger partial charge in [-0.25, -0.2) is 4.39 Å². The van der Waals surface area contributed by atoms with E-state index in [4.69, 9.17) is 16.9 Å². The molecule has 1 amide bonds. The van der Waals surface area contributed by atoms with E-state index in [2.05, 4.69) is 0 Å². The molecule has 17 heavy (non-hydrogen) atoms. The first kappa shape index (κ1) is 11.9. The summed E-state index contributed by atoms with van der Waals surface area (Å²) in [5.41, 5.74) is -0.854. The summed E-state index contributed by atoms with van der Waals surface area (Å²) in [5.74, 6) is -0.903. The molecule has 0 aromatic heterocycles. The molecule has 1 aliphatic carbocycles. The summed E-state index contributed by atoms with van der Waals surface area (Å²) >= 11 is 5.76. The Bertz CT molecular complexity index is 520. The SMILES string of the molecule is CN(C(=O)C1(C#N)CC1)c1cc(Cl)ccc1F. The molecule has 1 saturated carbocycles. The van der Waals surface area contributed by atoms with Gasteiger partial charge in [-0.05, 0) is 31.0 Å². The van der Waals surface area contributed by atoms with Gasteiger partial charge in [0.15, 0.2) is 0 Å². The fraction of sp³-hybridized carbons (Fsp3) is 0.333. The Hall–Kier alpha value is -1.60. The van der Waals surface area contributed by atoms with Crippen LogP contribution in [0.5, 0.6) is 0 Å². The summed E-state index contributed by atoms with van der Waals surface area (Å²) in [5, 5.41) is 9.28. The third-order valence-corrected chi connectivity index (χ3v) is 3.18. The molecule has 0 saturated heterocycles. The Morgan fingerprint density at radius 1 is 1.59 bits per heavy atom. The van der Waals surface area contributed by atoms with Crippen molar-refractivity contribution in [1.82, 2.24) is 0 Å². The maximum absolute atomic E-state index is 13.6. The predicted octanol–water partition coefficient (Wildman–Crippen LogP) is 2.75. The van der Waals surface area contributed by atoms with Crippen LogP contribution in [0.2, 0.25) is 5.02 Å². The summed E-state index contributed by atoms with van der Waals surface area (Å²) in [4.78, 5) is 13.2. The van der Waals surface area contributed by atoms with Crippen LogP contribution in [0.4, 0.5) is 10.1 Å². The fourth-order valence-corrected chi connectivity index (χ4v) is 1.84. The largest absolute Gasteiger partial charge is 0.311 e. The van der Waals surface area contributed by atoms with E-state index in [1.807, 2.05) is 6.07 Å². The molecule has 1 fully saturated rings. The van der Waals surface area contributed by atoms with Crippen LogP contribution in [0.1, 0.15) is 12.8 Å². The lowest BCUT2D eigenvalue weighted by Gasteiger charge is -2.20. The Morgan fingerprint density at radius 3 is 2.76 bits per heavy atom.